The van der Waals surface area contributed by atoms with Gasteiger partial charge in [-0.05, 0) is 31.5 Å². The third-order valence-electron chi connectivity index (χ3n) is 5.83. The molecule has 0 saturated carbocycles. The smallest absolute Gasteiger partial charge is 0.224 e. The molecule has 0 fully saturated rings. The van der Waals surface area contributed by atoms with E-state index in [1.807, 2.05) is 56.4 Å². The SMILES string of the molecule is COc1cccc([C@@H](CNC(=O)Cc2c(C)noc2C)c2c[nH]c3ccccc23)c1OC. The minimum absolute atomic E-state index is 0.0916. The molecule has 0 unspecified atom stereocenters. The highest BCUT2D eigenvalue weighted by molar-refractivity contribution is 5.85. The van der Waals surface area contributed by atoms with Crippen molar-refractivity contribution in [3.63, 3.8) is 0 Å². The number of H-pyrrole nitrogens is 1. The van der Waals surface area contributed by atoms with Crippen LogP contribution in [0.5, 0.6) is 11.5 Å². The van der Waals surface area contributed by atoms with Gasteiger partial charge in [0.2, 0.25) is 5.91 Å². The third kappa shape index (κ3) is 4.06. The Morgan fingerprint density at radius 1 is 1.09 bits per heavy atom. The number of nitrogens with zero attached hydrogens (tertiary/aromatic N) is 1. The van der Waals surface area contributed by atoms with Gasteiger partial charge in [0.25, 0.3) is 0 Å². The third-order valence-corrected chi connectivity index (χ3v) is 5.83. The number of aryl methyl sites for hydroxylation is 2. The number of ether oxygens (including phenoxy) is 2. The Morgan fingerprint density at radius 2 is 1.91 bits per heavy atom. The molecule has 1 atom stereocenters. The van der Waals surface area contributed by atoms with Crippen molar-refractivity contribution < 1.29 is 18.8 Å². The number of carbonyl (C=O) groups is 1. The maximum absolute atomic E-state index is 12.8. The molecular formula is C25H27N3O4. The number of fused-ring (bicyclic) bond motifs is 1. The first-order valence-electron chi connectivity index (χ1n) is 10.5. The van der Waals surface area contributed by atoms with Gasteiger partial charge in [-0.15, -0.1) is 0 Å². The van der Waals surface area contributed by atoms with Crippen molar-refractivity contribution in [3.05, 3.63) is 76.8 Å². The fourth-order valence-electron chi connectivity index (χ4n) is 4.15. The van der Waals surface area contributed by atoms with Crippen molar-refractivity contribution in [1.82, 2.24) is 15.5 Å². The lowest BCUT2D eigenvalue weighted by molar-refractivity contribution is -0.120. The molecule has 4 aromatic rings. The molecule has 0 spiro atoms. The van der Waals surface area contributed by atoms with Gasteiger partial charge in [-0.1, -0.05) is 35.5 Å². The lowest BCUT2D eigenvalue weighted by Crippen LogP contribution is -2.30. The van der Waals surface area contributed by atoms with Gasteiger partial charge in [0.15, 0.2) is 11.5 Å². The van der Waals surface area contributed by atoms with Gasteiger partial charge in [-0.2, -0.15) is 0 Å². The summed E-state index contributed by atoms with van der Waals surface area (Å²) in [6.07, 6.45) is 2.21. The Bertz CT molecular complexity index is 1220. The van der Waals surface area contributed by atoms with Crippen molar-refractivity contribution in [2.45, 2.75) is 26.2 Å². The van der Waals surface area contributed by atoms with E-state index in [2.05, 4.69) is 21.5 Å². The molecule has 0 aliphatic carbocycles. The van der Waals surface area contributed by atoms with E-state index in [9.17, 15) is 4.79 Å². The van der Waals surface area contributed by atoms with E-state index < -0.39 is 0 Å². The van der Waals surface area contributed by atoms with E-state index in [1.165, 1.54) is 0 Å². The fourth-order valence-corrected chi connectivity index (χ4v) is 4.15. The van der Waals surface area contributed by atoms with Gasteiger partial charge in [-0.3, -0.25) is 4.79 Å². The van der Waals surface area contributed by atoms with E-state index in [1.54, 1.807) is 14.2 Å². The van der Waals surface area contributed by atoms with Crippen molar-refractivity contribution in [2.75, 3.05) is 20.8 Å². The first-order chi connectivity index (χ1) is 15.5. The molecule has 4 rings (SSSR count). The number of aromatic nitrogens is 2. The van der Waals surface area contributed by atoms with Crippen LogP contribution in [0.25, 0.3) is 10.9 Å². The highest BCUT2D eigenvalue weighted by Crippen LogP contribution is 2.40. The molecule has 166 valence electrons. The molecule has 0 aliphatic heterocycles. The highest BCUT2D eigenvalue weighted by atomic mass is 16.5. The molecule has 32 heavy (non-hydrogen) atoms. The number of benzene rings is 2. The Balaban J connectivity index is 1.68. The fraction of sp³-hybridized carbons (Fsp3) is 0.280. The number of rotatable bonds is 8. The summed E-state index contributed by atoms with van der Waals surface area (Å²) in [7, 11) is 3.25. The predicted molar refractivity (Wildman–Crippen MR) is 122 cm³/mol. The lowest BCUT2D eigenvalue weighted by atomic mass is 9.89. The van der Waals surface area contributed by atoms with Gasteiger partial charge in [0.05, 0.1) is 26.3 Å². The molecular weight excluding hydrogens is 406 g/mol. The summed E-state index contributed by atoms with van der Waals surface area (Å²) in [6, 6.07) is 13.9. The molecule has 1 amide bonds. The zero-order chi connectivity index (χ0) is 22.7. The molecule has 7 heteroatoms. The Morgan fingerprint density at radius 3 is 2.62 bits per heavy atom. The summed E-state index contributed by atoms with van der Waals surface area (Å²) in [5.74, 6) is 1.73. The van der Waals surface area contributed by atoms with E-state index in [0.717, 1.165) is 33.3 Å². The molecule has 0 aliphatic rings. The van der Waals surface area contributed by atoms with E-state index in [-0.39, 0.29) is 18.2 Å². The summed E-state index contributed by atoms with van der Waals surface area (Å²) in [6.45, 7) is 4.06. The van der Waals surface area contributed by atoms with Gasteiger partial charge >= 0.3 is 0 Å². The minimum Gasteiger partial charge on any atom is -0.493 e. The topological polar surface area (TPSA) is 89.4 Å². The Labute approximate surface area is 186 Å². The Hall–Kier alpha value is -3.74. The standard InChI is InChI=1S/C25H27N3O4/c1-15-19(16(2)32-28-15)12-24(29)27-14-21(18-9-7-11-23(30-3)25(18)31-4)20-13-26-22-10-6-5-8-17(20)22/h5-11,13,21,26H,12,14H2,1-4H3,(H,27,29)/t21-/m1/s1. The minimum atomic E-state index is -0.148. The summed E-state index contributed by atoms with van der Waals surface area (Å²) >= 11 is 0. The van der Waals surface area contributed by atoms with E-state index in [4.69, 9.17) is 14.0 Å². The molecule has 7 nitrogen and oxygen atoms in total. The average molecular weight is 434 g/mol. The maximum atomic E-state index is 12.8. The summed E-state index contributed by atoms with van der Waals surface area (Å²) < 4.78 is 16.4. The summed E-state index contributed by atoms with van der Waals surface area (Å²) in [5, 5.41) is 8.14. The second kappa shape index (κ2) is 9.18. The van der Waals surface area contributed by atoms with Crippen molar-refractivity contribution in [1.29, 1.82) is 0 Å². The molecule has 2 N–H and O–H groups in total. The molecule has 2 aromatic heterocycles. The van der Waals surface area contributed by atoms with Crippen LogP contribution in [-0.2, 0) is 11.2 Å². The number of carbonyl (C=O) groups excluding carboxylic acids is 1. The van der Waals surface area contributed by atoms with Crippen LogP contribution < -0.4 is 14.8 Å². The number of para-hydroxylation sites is 2. The quantitative estimate of drug-likeness (QED) is 0.433. The van der Waals surface area contributed by atoms with Crippen LogP contribution in [-0.4, -0.2) is 36.8 Å². The number of aromatic amines is 1. The van der Waals surface area contributed by atoms with Crippen LogP contribution in [0.4, 0.5) is 0 Å². The monoisotopic (exact) mass is 433 g/mol. The Kier molecular flexibility index (Phi) is 6.16. The van der Waals surface area contributed by atoms with Gasteiger partial charge in [0, 0.05) is 40.7 Å². The molecule has 2 heterocycles. The number of hydrogen-bond acceptors (Lipinski definition) is 5. The van der Waals surface area contributed by atoms with Crippen LogP contribution in [0.3, 0.4) is 0 Å². The summed E-state index contributed by atoms with van der Waals surface area (Å²) in [4.78, 5) is 16.2. The number of hydrogen-bond donors (Lipinski definition) is 2. The second-order valence-corrected chi connectivity index (χ2v) is 7.71. The normalized spacial score (nSPS) is 12.0. The number of amides is 1. The molecule has 0 saturated heterocycles. The van der Waals surface area contributed by atoms with Gasteiger partial charge in [-0.25, -0.2) is 0 Å². The number of nitrogens with one attached hydrogen (secondary N) is 2. The van der Waals surface area contributed by atoms with Gasteiger partial charge in [0.1, 0.15) is 5.76 Å². The van der Waals surface area contributed by atoms with Crippen LogP contribution in [0, 0.1) is 13.8 Å². The lowest BCUT2D eigenvalue weighted by Gasteiger charge is -2.22. The molecule has 0 bridgehead atoms. The van der Waals surface area contributed by atoms with Crippen molar-refractivity contribution >= 4 is 16.8 Å². The van der Waals surface area contributed by atoms with Crippen molar-refractivity contribution in [2.24, 2.45) is 0 Å². The van der Waals surface area contributed by atoms with Crippen LogP contribution >= 0.6 is 0 Å². The van der Waals surface area contributed by atoms with Gasteiger partial charge < -0.3 is 24.3 Å². The highest BCUT2D eigenvalue weighted by Gasteiger charge is 2.24. The van der Waals surface area contributed by atoms with Crippen LogP contribution in [0.15, 0.2) is 53.2 Å². The maximum Gasteiger partial charge on any atom is 0.224 e. The predicted octanol–water partition coefficient (Wildman–Crippen LogP) is 4.28. The van der Waals surface area contributed by atoms with Crippen LogP contribution in [0.1, 0.15) is 34.1 Å². The van der Waals surface area contributed by atoms with Crippen molar-refractivity contribution in [3.8, 4) is 11.5 Å². The average Bonchev–Trinajstić information content (AvgIpc) is 3.37. The van der Waals surface area contributed by atoms with E-state index >= 15 is 0 Å². The zero-order valence-electron chi connectivity index (χ0n) is 18.7. The number of methoxy groups -OCH3 is 2. The largest absolute Gasteiger partial charge is 0.493 e. The molecule has 2 aromatic carbocycles. The van der Waals surface area contributed by atoms with Crippen LogP contribution in [0.2, 0.25) is 0 Å². The molecule has 0 radical (unpaired) electrons. The summed E-state index contributed by atoms with van der Waals surface area (Å²) in [5.41, 5.74) is 4.61. The zero-order valence-corrected chi connectivity index (χ0v) is 18.7. The van der Waals surface area contributed by atoms with E-state index in [0.29, 0.717) is 23.8 Å². The second-order valence-electron chi connectivity index (χ2n) is 7.71. The first kappa shape index (κ1) is 21.5. The first-order valence-corrected chi connectivity index (χ1v) is 10.5.